The van der Waals surface area contributed by atoms with E-state index in [1.165, 1.54) is 5.56 Å². The fourth-order valence-corrected chi connectivity index (χ4v) is 3.92. The molecule has 0 amide bonds. The lowest BCUT2D eigenvalue weighted by atomic mass is 10.1. The minimum Gasteiger partial charge on any atom is -0.495 e. The lowest BCUT2D eigenvalue weighted by Gasteiger charge is -2.02. The molecule has 1 aliphatic heterocycles. The van der Waals surface area contributed by atoms with Gasteiger partial charge in [-0.05, 0) is 30.2 Å². The second-order valence-corrected chi connectivity index (χ2v) is 7.18. The molecular formula is C19H16N4O3S. The largest absolute Gasteiger partial charge is 0.495 e. The van der Waals surface area contributed by atoms with Gasteiger partial charge in [0.2, 0.25) is 11.8 Å². The third-order valence-electron chi connectivity index (χ3n) is 4.44. The van der Waals surface area contributed by atoms with Gasteiger partial charge >= 0.3 is 0 Å². The second-order valence-electron chi connectivity index (χ2n) is 6.13. The number of methoxy groups -OCH3 is 1. The maximum Gasteiger partial charge on any atom is 0.231 e. The summed E-state index contributed by atoms with van der Waals surface area (Å²) in [5, 5.41) is 5.78. The van der Waals surface area contributed by atoms with Crippen molar-refractivity contribution in [3.05, 3.63) is 53.4 Å². The maximum atomic E-state index is 5.44. The minimum absolute atomic E-state index is 0.296. The van der Waals surface area contributed by atoms with Gasteiger partial charge in [-0.25, -0.2) is 9.50 Å². The molecule has 136 valence electrons. The van der Waals surface area contributed by atoms with Crippen molar-refractivity contribution in [2.24, 2.45) is 0 Å². The maximum absolute atomic E-state index is 5.44. The smallest absolute Gasteiger partial charge is 0.231 e. The zero-order chi connectivity index (χ0) is 18.2. The van der Waals surface area contributed by atoms with E-state index in [9.17, 15) is 0 Å². The van der Waals surface area contributed by atoms with Gasteiger partial charge in [-0.2, -0.15) is 5.10 Å². The van der Waals surface area contributed by atoms with Gasteiger partial charge in [0.25, 0.3) is 0 Å². The Balaban J connectivity index is 1.38. The normalized spacial score (nSPS) is 12.6. The highest BCUT2D eigenvalue weighted by Crippen LogP contribution is 2.33. The highest BCUT2D eigenvalue weighted by atomic mass is 32.1. The van der Waals surface area contributed by atoms with E-state index in [2.05, 4.69) is 16.0 Å². The fraction of sp³-hybridized carbons (Fsp3) is 0.211. The summed E-state index contributed by atoms with van der Waals surface area (Å²) >= 11 is 1.60. The Bertz CT molecular complexity index is 1120. The van der Waals surface area contributed by atoms with E-state index in [4.69, 9.17) is 19.3 Å². The van der Waals surface area contributed by atoms with Crippen LogP contribution in [0.5, 0.6) is 17.2 Å². The van der Waals surface area contributed by atoms with Crippen LogP contribution in [-0.4, -0.2) is 33.5 Å². The van der Waals surface area contributed by atoms with Crippen LogP contribution >= 0.6 is 11.3 Å². The SMILES string of the molecule is COc1cncc(-c2cnc3sc(CCc4ccc5c(c4)OCO5)nn23)c1. The molecule has 0 N–H and O–H groups in total. The predicted octanol–water partition coefficient (Wildman–Crippen LogP) is 3.38. The number of nitrogens with zero attached hydrogens (tertiary/aromatic N) is 4. The Morgan fingerprint density at radius 3 is 2.96 bits per heavy atom. The number of ether oxygens (including phenoxy) is 3. The van der Waals surface area contributed by atoms with Gasteiger partial charge in [-0.15, -0.1) is 0 Å². The molecule has 0 fully saturated rings. The summed E-state index contributed by atoms with van der Waals surface area (Å²) in [4.78, 5) is 9.57. The monoisotopic (exact) mass is 380 g/mol. The number of aryl methyl sites for hydroxylation is 2. The van der Waals surface area contributed by atoms with Crippen molar-refractivity contribution in [2.45, 2.75) is 12.8 Å². The molecule has 0 saturated carbocycles. The molecule has 0 saturated heterocycles. The molecule has 0 unspecified atom stereocenters. The highest BCUT2D eigenvalue weighted by Gasteiger charge is 2.15. The zero-order valence-corrected chi connectivity index (χ0v) is 15.4. The van der Waals surface area contributed by atoms with Gasteiger partial charge in [-0.1, -0.05) is 17.4 Å². The first-order valence-corrected chi connectivity index (χ1v) is 9.33. The van der Waals surface area contributed by atoms with Gasteiger partial charge in [0, 0.05) is 18.2 Å². The molecule has 8 heteroatoms. The van der Waals surface area contributed by atoms with Gasteiger partial charge in [0.15, 0.2) is 11.5 Å². The molecule has 0 aliphatic carbocycles. The molecule has 3 aromatic heterocycles. The molecular weight excluding hydrogens is 364 g/mol. The van der Waals surface area contributed by atoms with Crippen molar-refractivity contribution < 1.29 is 14.2 Å². The Morgan fingerprint density at radius 2 is 2.04 bits per heavy atom. The number of imidazole rings is 1. The standard InChI is InChI=1S/C19H16N4O3S/c1-24-14-7-13(8-20-9-14)15-10-21-19-23(15)22-18(27-19)5-3-12-2-4-16-17(6-12)26-11-25-16/h2,4,6-10H,3,5,11H2,1H3. The number of aromatic nitrogens is 4. The summed E-state index contributed by atoms with van der Waals surface area (Å²) in [5.41, 5.74) is 3.03. The first-order chi connectivity index (χ1) is 13.3. The number of pyridine rings is 1. The molecule has 0 radical (unpaired) electrons. The molecule has 27 heavy (non-hydrogen) atoms. The molecule has 0 bridgehead atoms. The van der Waals surface area contributed by atoms with Crippen LogP contribution in [-0.2, 0) is 12.8 Å². The van der Waals surface area contributed by atoms with E-state index in [0.717, 1.165) is 45.6 Å². The molecule has 4 heterocycles. The van der Waals surface area contributed by atoms with Crippen LogP contribution in [0.25, 0.3) is 16.2 Å². The van der Waals surface area contributed by atoms with Crippen LogP contribution in [0.3, 0.4) is 0 Å². The van der Waals surface area contributed by atoms with Gasteiger partial charge in [-0.3, -0.25) is 4.98 Å². The van der Waals surface area contributed by atoms with E-state index >= 15 is 0 Å². The number of benzene rings is 1. The van der Waals surface area contributed by atoms with Crippen molar-refractivity contribution in [2.75, 3.05) is 13.9 Å². The zero-order valence-electron chi connectivity index (χ0n) is 14.6. The molecule has 7 nitrogen and oxygen atoms in total. The summed E-state index contributed by atoms with van der Waals surface area (Å²) < 4.78 is 17.9. The minimum atomic E-state index is 0.296. The van der Waals surface area contributed by atoms with Gasteiger partial charge < -0.3 is 14.2 Å². The second kappa shape index (κ2) is 6.55. The van der Waals surface area contributed by atoms with Crippen molar-refractivity contribution in [1.29, 1.82) is 0 Å². The Kier molecular flexibility index (Phi) is 3.90. The summed E-state index contributed by atoms with van der Waals surface area (Å²) in [5.74, 6) is 2.33. The van der Waals surface area contributed by atoms with E-state index in [1.54, 1.807) is 30.8 Å². The Morgan fingerprint density at radius 1 is 1.11 bits per heavy atom. The third-order valence-corrected chi connectivity index (χ3v) is 5.42. The van der Waals surface area contributed by atoms with Gasteiger partial charge in [0.05, 0.1) is 25.2 Å². The molecule has 4 aromatic rings. The van der Waals surface area contributed by atoms with Gasteiger partial charge in [0.1, 0.15) is 10.8 Å². The summed E-state index contributed by atoms with van der Waals surface area (Å²) in [6.07, 6.45) is 7.00. The summed E-state index contributed by atoms with van der Waals surface area (Å²) in [7, 11) is 1.63. The Labute approximate surface area is 159 Å². The van der Waals surface area contributed by atoms with E-state index < -0.39 is 0 Å². The lowest BCUT2D eigenvalue weighted by Crippen LogP contribution is -1.95. The number of fused-ring (bicyclic) bond motifs is 2. The van der Waals surface area contributed by atoms with Crippen molar-refractivity contribution in [1.82, 2.24) is 19.6 Å². The summed E-state index contributed by atoms with van der Waals surface area (Å²) in [6.45, 7) is 0.296. The number of hydrogen-bond acceptors (Lipinski definition) is 7. The molecule has 1 aromatic carbocycles. The molecule has 1 aliphatic rings. The first kappa shape index (κ1) is 16.1. The first-order valence-electron chi connectivity index (χ1n) is 8.51. The topological polar surface area (TPSA) is 70.8 Å². The molecule has 5 rings (SSSR count). The average molecular weight is 380 g/mol. The number of hydrogen-bond donors (Lipinski definition) is 0. The predicted molar refractivity (Wildman–Crippen MR) is 101 cm³/mol. The highest BCUT2D eigenvalue weighted by molar-refractivity contribution is 7.16. The van der Waals surface area contributed by atoms with Crippen LogP contribution in [0.4, 0.5) is 0 Å². The van der Waals surface area contributed by atoms with Crippen LogP contribution in [0.2, 0.25) is 0 Å². The van der Waals surface area contributed by atoms with Crippen molar-refractivity contribution >= 4 is 16.3 Å². The lowest BCUT2D eigenvalue weighted by molar-refractivity contribution is 0.174. The van der Waals surface area contributed by atoms with E-state index in [1.807, 2.05) is 28.9 Å². The van der Waals surface area contributed by atoms with Crippen LogP contribution in [0, 0.1) is 0 Å². The van der Waals surface area contributed by atoms with Crippen LogP contribution in [0.15, 0.2) is 42.9 Å². The third kappa shape index (κ3) is 2.97. The number of rotatable bonds is 5. The van der Waals surface area contributed by atoms with Crippen molar-refractivity contribution in [3.63, 3.8) is 0 Å². The average Bonchev–Trinajstić information content (AvgIpc) is 3.41. The van der Waals surface area contributed by atoms with Crippen molar-refractivity contribution in [3.8, 4) is 28.5 Å². The molecule has 0 atom stereocenters. The quantitative estimate of drug-likeness (QED) is 0.529. The summed E-state index contributed by atoms with van der Waals surface area (Å²) in [6, 6.07) is 8.00. The van der Waals surface area contributed by atoms with Crippen LogP contribution < -0.4 is 14.2 Å². The molecule has 0 spiro atoms. The van der Waals surface area contributed by atoms with Crippen LogP contribution in [0.1, 0.15) is 10.6 Å². The van der Waals surface area contributed by atoms with E-state index in [0.29, 0.717) is 12.5 Å². The van der Waals surface area contributed by atoms with E-state index in [-0.39, 0.29) is 0 Å². The fourth-order valence-electron chi connectivity index (χ4n) is 3.05. The Hall–Kier alpha value is -3.13.